The van der Waals surface area contributed by atoms with Crippen LogP contribution in [0.25, 0.3) is 0 Å². The van der Waals surface area contributed by atoms with Crippen LogP contribution >= 0.6 is 0 Å². The zero-order valence-corrected chi connectivity index (χ0v) is 6.75. The maximum absolute atomic E-state index is 12.5. The molecule has 0 bridgehead atoms. The van der Waals surface area contributed by atoms with Gasteiger partial charge in [0.15, 0.2) is 0 Å². The molecular weight excluding hydrogens is 134 g/mol. The fraction of sp³-hybridized carbons (Fsp3) is 1.00. The van der Waals surface area contributed by atoms with E-state index in [0.29, 0.717) is 0 Å². The van der Waals surface area contributed by atoms with Crippen molar-refractivity contribution in [3.8, 4) is 0 Å². The highest BCUT2D eigenvalue weighted by Gasteiger charge is 2.62. The van der Waals surface area contributed by atoms with E-state index in [-0.39, 0.29) is 17.8 Å². The second kappa shape index (κ2) is 1.93. The van der Waals surface area contributed by atoms with E-state index in [1.807, 2.05) is 20.8 Å². The summed E-state index contributed by atoms with van der Waals surface area (Å²) in [6.07, 6.45) is 0.946. The largest absolute Gasteiger partial charge is 0.252 e. The van der Waals surface area contributed by atoms with Crippen LogP contribution < -0.4 is 0 Å². The predicted octanol–water partition coefficient (Wildman–Crippen LogP) is 3.08. The summed E-state index contributed by atoms with van der Waals surface area (Å²) in [4.78, 5) is 0. The average Bonchev–Trinajstić information content (AvgIpc) is 2.41. The van der Waals surface area contributed by atoms with Crippen molar-refractivity contribution in [2.24, 2.45) is 11.3 Å². The van der Waals surface area contributed by atoms with E-state index >= 15 is 0 Å². The fourth-order valence-corrected chi connectivity index (χ4v) is 1.31. The van der Waals surface area contributed by atoms with Crippen LogP contribution in [0.1, 0.15) is 33.6 Å². The number of alkyl halides is 2. The van der Waals surface area contributed by atoms with Gasteiger partial charge in [-0.1, -0.05) is 27.2 Å². The van der Waals surface area contributed by atoms with Gasteiger partial charge in [0.25, 0.3) is 5.92 Å². The monoisotopic (exact) mass is 148 g/mol. The molecule has 1 unspecified atom stereocenters. The quantitative estimate of drug-likeness (QED) is 0.564. The smallest absolute Gasteiger partial charge is 0.207 e. The SMILES string of the molecule is CCC(C)(C)C1CC1(F)F. The molecule has 1 saturated carbocycles. The van der Waals surface area contributed by atoms with Crippen molar-refractivity contribution in [1.29, 1.82) is 0 Å². The fourth-order valence-electron chi connectivity index (χ4n) is 1.31. The first-order chi connectivity index (χ1) is 4.40. The lowest BCUT2D eigenvalue weighted by Gasteiger charge is -2.21. The summed E-state index contributed by atoms with van der Waals surface area (Å²) in [5, 5.41) is 0. The predicted molar refractivity (Wildman–Crippen MR) is 37.1 cm³/mol. The standard InChI is InChI=1S/C8H14F2/c1-4-7(2,3)6-5-8(6,9)10/h6H,4-5H2,1-3H3. The van der Waals surface area contributed by atoms with Gasteiger partial charge < -0.3 is 0 Å². The summed E-state index contributed by atoms with van der Waals surface area (Å²) in [6, 6.07) is 0. The first kappa shape index (κ1) is 7.96. The number of hydrogen-bond donors (Lipinski definition) is 0. The first-order valence-electron chi connectivity index (χ1n) is 3.78. The third kappa shape index (κ3) is 1.16. The van der Waals surface area contributed by atoms with Gasteiger partial charge in [-0.3, -0.25) is 0 Å². The third-order valence-corrected chi connectivity index (χ3v) is 2.68. The summed E-state index contributed by atoms with van der Waals surface area (Å²) < 4.78 is 25.0. The van der Waals surface area contributed by atoms with Crippen LogP contribution in [-0.4, -0.2) is 5.92 Å². The minimum absolute atomic E-state index is 0.105. The molecule has 0 N–H and O–H groups in total. The van der Waals surface area contributed by atoms with Crippen molar-refractivity contribution in [2.45, 2.75) is 39.5 Å². The molecule has 0 aromatic heterocycles. The van der Waals surface area contributed by atoms with E-state index in [1.165, 1.54) is 0 Å². The molecule has 0 nitrogen and oxygen atoms in total. The van der Waals surface area contributed by atoms with E-state index in [9.17, 15) is 8.78 Å². The number of hydrogen-bond acceptors (Lipinski definition) is 0. The summed E-state index contributed by atoms with van der Waals surface area (Å²) in [6.45, 7) is 5.80. The summed E-state index contributed by atoms with van der Waals surface area (Å²) in [5.74, 6) is -2.70. The van der Waals surface area contributed by atoms with Crippen LogP contribution in [0.3, 0.4) is 0 Å². The molecule has 1 atom stereocenters. The summed E-state index contributed by atoms with van der Waals surface area (Å²) in [7, 11) is 0. The van der Waals surface area contributed by atoms with E-state index < -0.39 is 5.92 Å². The Bertz CT molecular complexity index is 138. The summed E-state index contributed by atoms with van der Waals surface area (Å²) in [5.41, 5.74) is -0.163. The molecule has 60 valence electrons. The molecular formula is C8H14F2. The number of rotatable bonds is 2. The second-order valence-corrected chi connectivity index (χ2v) is 3.86. The minimum atomic E-state index is -2.35. The molecule has 0 aromatic rings. The molecule has 0 spiro atoms. The number of halogens is 2. The maximum atomic E-state index is 12.5. The Morgan fingerprint density at radius 2 is 1.90 bits per heavy atom. The van der Waals surface area contributed by atoms with E-state index in [4.69, 9.17) is 0 Å². The highest BCUT2D eigenvalue weighted by Crippen LogP contribution is 2.58. The molecule has 0 saturated heterocycles. The van der Waals surface area contributed by atoms with Crippen LogP contribution in [-0.2, 0) is 0 Å². The molecule has 1 aliphatic rings. The molecule has 2 heteroatoms. The van der Waals surface area contributed by atoms with Crippen LogP contribution in [0.15, 0.2) is 0 Å². The van der Waals surface area contributed by atoms with E-state index in [2.05, 4.69) is 0 Å². The van der Waals surface area contributed by atoms with E-state index in [0.717, 1.165) is 6.42 Å². The van der Waals surface area contributed by atoms with Gasteiger partial charge in [-0.05, 0) is 5.41 Å². The average molecular weight is 148 g/mol. The van der Waals surface area contributed by atoms with Gasteiger partial charge in [0.1, 0.15) is 0 Å². The Balaban J connectivity index is 2.54. The highest BCUT2D eigenvalue weighted by atomic mass is 19.3. The zero-order valence-electron chi connectivity index (χ0n) is 6.75. The van der Waals surface area contributed by atoms with Gasteiger partial charge in [0.05, 0.1) is 0 Å². The van der Waals surface area contributed by atoms with Crippen molar-refractivity contribution in [2.75, 3.05) is 0 Å². The van der Waals surface area contributed by atoms with Gasteiger partial charge in [0, 0.05) is 12.3 Å². The Hall–Kier alpha value is -0.140. The van der Waals surface area contributed by atoms with Gasteiger partial charge in [-0.2, -0.15) is 0 Å². The molecule has 1 fully saturated rings. The van der Waals surface area contributed by atoms with Crippen LogP contribution in [0.4, 0.5) is 8.78 Å². The van der Waals surface area contributed by atoms with Gasteiger partial charge >= 0.3 is 0 Å². The topological polar surface area (TPSA) is 0 Å². The summed E-state index contributed by atoms with van der Waals surface area (Å²) >= 11 is 0. The van der Waals surface area contributed by atoms with Crippen molar-refractivity contribution < 1.29 is 8.78 Å². The van der Waals surface area contributed by atoms with Crippen molar-refractivity contribution in [3.63, 3.8) is 0 Å². The third-order valence-electron chi connectivity index (χ3n) is 2.68. The van der Waals surface area contributed by atoms with Gasteiger partial charge in [-0.15, -0.1) is 0 Å². The highest BCUT2D eigenvalue weighted by molar-refractivity contribution is 5.02. The normalized spacial score (nSPS) is 30.3. The Morgan fingerprint density at radius 3 is 2.00 bits per heavy atom. The van der Waals surface area contributed by atoms with Gasteiger partial charge in [0.2, 0.25) is 0 Å². The molecule has 0 amide bonds. The van der Waals surface area contributed by atoms with Crippen molar-refractivity contribution in [1.82, 2.24) is 0 Å². The van der Waals surface area contributed by atoms with E-state index in [1.54, 1.807) is 0 Å². The Labute approximate surface area is 60.6 Å². The minimum Gasteiger partial charge on any atom is -0.207 e. The second-order valence-electron chi connectivity index (χ2n) is 3.86. The lowest BCUT2D eigenvalue weighted by atomic mass is 9.84. The molecule has 0 aliphatic heterocycles. The Kier molecular flexibility index (Phi) is 1.53. The lowest BCUT2D eigenvalue weighted by Crippen LogP contribution is -2.16. The lowest BCUT2D eigenvalue weighted by molar-refractivity contribution is 0.0649. The molecule has 0 heterocycles. The van der Waals surface area contributed by atoms with Crippen molar-refractivity contribution >= 4 is 0 Å². The van der Waals surface area contributed by atoms with Crippen LogP contribution in [0.5, 0.6) is 0 Å². The molecule has 10 heavy (non-hydrogen) atoms. The Morgan fingerprint density at radius 1 is 1.50 bits per heavy atom. The molecule has 1 rings (SSSR count). The molecule has 0 aromatic carbocycles. The van der Waals surface area contributed by atoms with Crippen LogP contribution in [0, 0.1) is 11.3 Å². The molecule has 0 radical (unpaired) electrons. The zero-order chi connectivity index (χ0) is 7.99. The van der Waals surface area contributed by atoms with Crippen molar-refractivity contribution in [3.05, 3.63) is 0 Å². The molecule has 1 aliphatic carbocycles. The van der Waals surface area contributed by atoms with Gasteiger partial charge in [-0.25, -0.2) is 8.78 Å². The van der Waals surface area contributed by atoms with Crippen LogP contribution in [0.2, 0.25) is 0 Å². The first-order valence-corrected chi connectivity index (χ1v) is 3.78. The maximum Gasteiger partial charge on any atom is 0.252 e.